The Labute approximate surface area is 105 Å². The van der Waals surface area contributed by atoms with Gasteiger partial charge in [-0.1, -0.05) is 26.2 Å². The Morgan fingerprint density at radius 3 is 2.24 bits per heavy atom. The summed E-state index contributed by atoms with van der Waals surface area (Å²) in [6.07, 6.45) is 8.55. The first-order valence-corrected chi connectivity index (χ1v) is 7.16. The van der Waals surface area contributed by atoms with Crippen LogP contribution >= 0.6 is 0 Å². The number of aliphatic hydroxyl groups is 1. The average Bonchev–Trinajstić information content (AvgIpc) is 3.12. The predicted molar refractivity (Wildman–Crippen MR) is 68.3 cm³/mol. The maximum Gasteiger partial charge on any atom is 0.0857 e. The minimum atomic E-state index is -0.776. The van der Waals surface area contributed by atoms with Gasteiger partial charge in [-0.15, -0.1) is 0 Å². The molecule has 17 heavy (non-hydrogen) atoms. The quantitative estimate of drug-likeness (QED) is 0.808. The molecule has 0 radical (unpaired) electrons. The molecule has 0 saturated heterocycles. The fourth-order valence-corrected chi connectivity index (χ4v) is 3.43. The summed E-state index contributed by atoms with van der Waals surface area (Å²) in [5, 5.41) is 20.3. The molecule has 2 fully saturated rings. The zero-order valence-corrected chi connectivity index (χ0v) is 11.2. The van der Waals surface area contributed by atoms with E-state index in [2.05, 4.69) is 13.0 Å². The number of nitriles is 1. The van der Waals surface area contributed by atoms with Crippen molar-refractivity contribution in [3.63, 3.8) is 0 Å². The molecule has 0 aliphatic heterocycles. The molecule has 1 atom stereocenters. The molecule has 2 rings (SSSR count). The summed E-state index contributed by atoms with van der Waals surface area (Å²) >= 11 is 0. The third kappa shape index (κ3) is 2.50. The van der Waals surface area contributed by atoms with E-state index in [4.69, 9.17) is 0 Å². The summed E-state index contributed by atoms with van der Waals surface area (Å²) in [6, 6.07) is 2.49. The van der Waals surface area contributed by atoms with Gasteiger partial charge in [0.15, 0.2) is 0 Å². The van der Waals surface area contributed by atoms with E-state index in [1.807, 2.05) is 6.92 Å². The highest BCUT2D eigenvalue weighted by atomic mass is 16.3. The van der Waals surface area contributed by atoms with E-state index < -0.39 is 11.0 Å². The van der Waals surface area contributed by atoms with Crippen molar-refractivity contribution < 1.29 is 5.11 Å². The Bertz CT molecular complexity index is 303. The van der Waals surface area contributed by atoms with Gasteiger partial charge in [-0.3, -0.25) is 0 Å². The van der Waals surface area contributed by atoms with Gasteiger partial charge in [0.1, 0.15) is 0 Å². The first kappa shape index (κ1) is 12.9. The molecule has 0 bridgehead atoms. The molecule has 2 nitrogen and oxygen atoms in total. The predicted octanol–water partition coefficient (Wildman–Crippen LogP) is 3.65. The van der Waals surface area contributed by atoms with Crippen molar-refractivity contribution >= 4 is 0 Å². The standard InChI is InChI=1S/C15H25NO/c1-3-12-6-8-15(11-16,9-7-12)14(2,17)10-13-4-5-13/h12-13,17H,3-10H2,1-2H3. The molecule has 1 unspecified atom stereocenters. The van der Waals surface area contributed by atoms with E-state index in [-0.39, 0.29) is 0 Å². The smallest absolute Gasteiger partial charge is 0.0857 e. The average molecular weight is 235 g/mol. The van der Waals surface area contributed by atoms with Crippen molar-refractivity contribution in [2.24, 2.45) is 17.3 Å². The molecule has 0 spiro atoms. The molecule has 1 N–H and O–H groups in total. The topological polar surface area (TPSA) is 44.0 Å². The van der Waals surface area contributed by atoms with E-state index in [1.165, 1.54) is 19.3 Å². The molecule has 0 aromatic heterocycles. The largest absolute Gasteiger partial charge is 0.389 e. The van der Waals surface area contributed by atoms with E-state index in [1.54, 1.807) is 0 Å². The van der Waals surface area contributed by atoms with Crippen molar-refractivity contribution in [1.29, 1.82) is 5.26 Å². The second-order valence-electron chi connectivity index (χ2n) is 6.47. The minimum Gasteiger partial charge on any atom is -0.389 e. The van der Waals surface area contributed by atoms with Crippen molar-refractivity contribution in [3.05, 3.63) is 0 Å². The second-order valence-corrected chi connectivity index (χ2v) is 6.47. The second kappa shape index (κ2) is 4.61. The van der Waals surface area contributed by atoms with Crippen LogP contribution in [0, 0.1) is 28.6 Å². The van der Waals surface area contributed by atoms with E-state index >= 15 is 0 Å². The first-order valence-electron chi connectivity index (χ1n) is 7.16. The van der Waals surface area contributed by atoms with Crippen LogP contribution in [0.5, 0.6) is 0 Å². The van der Waals surface area contributed by atoms with Gasteiger partial charge in [0.2, 0.25) is 0 Å². The molecule has 0 heterocycles. The molecule has 0 aromatic rings. The lowest BCUT2D eigenvalue weighted by Gasteiger charge is -2.45. The zero-order valence-electron chi connectivity index (χ0n) is 11.2. The normalized spacial score (nSPS) is 37.2. The van der Waals surface area contributed by atoms with E-state index in [9.17, 15) is 10.4 Å². The molecular formula is C15H25NO. The molecule has 96 valence electrons. The summed E-state index contributed by atoms with van der Waals surface area (Å²) in [6.45, 7) is 4.13. The maximum atomic E-state index is 10.7. The van der Waals surface area contributed by atoms with Gasteiger partial charge >= 0.3 is 0 Å². The lowest BCUT2D eigenvalue weighted by molar-refractivity contribution is -0.0732. The van der Waals surface area contributed by atoms with E-state index in [0.717, 1.165) is 38.0 Å². The van der Waals surface area contributed by atoms with Crippen LogP contribution in [0.1, 0.15) is 65.2 Å². The Kier molecular flexibility index (Phi) is 3.50. The molecule has 2 aliphatic rings. The summed E-state index contributed by atoms with van der Waals surface area (Å²) in [5.74, 6) is 1.45. The van der Waals surface area contributed by atoms with Gasteiger partial charge in [-0.25, -0.2) is 0 Å². The van der Waals surface area contributed by atoms with Gasteiger partial charge in [-0.05, 0) is 50.9 Å². The van der Waals surface area contributed by atoms with Crippen LogP contribution in [0.25, 0.3) is 0 Å². The third-order valence-electron chi connectivity index (χ3n) is 5.16. The van der Waals surface area contributed by atoms with Crippen molar-refractivity contribution in [3.8, 4) is 6.07 Å². The maximum absolute atomic E-state index is 10.7. The van der Waals surface area contributed by atoms with Gasteiger partial charge in [-0.2, -0.15) is 5.26 Å². The zero-order chi connectivity index (χ0) is 12.5. The van der Waals surface area contributed by atoms with Crippen LogP contribution in [-0.4, -0.2) is 10.7 Å². The van der Waals surface area contributed by atoms with Crippen LogP contribution in [0.15, 0.2) is 0 Å². The Hall–Kier alpha value is -0.550. The SMILES string of the molecule is CCC1CCC(C#N)(C(C)(O)CC2CC2)CC1. The number of rotatable bonds is 4. The van der Waals surface area contributed by atoms with Gasteiger partial charge in [0.25, 0.3) is 0 Å². The molecule has 0 amide bonds. The fourth-order valence-electron chi connectivity index (χ4n) is 3.43. The van der Waals surface area contributed by atoms with Gasteiger partial charge < -0.3 is 5.11 Å². The van der Waals surface area contributed by atoms with Gasteiger partial charge in [0.05, 0.1) is 17.1 Å². The Balaban J connectivity index is 2.06. The Morgan fingerprint density at radius 1 is 1.24 bits per heavy atom. The molecule has 0 aromatic carbocycles. The fraction of sp³-hybridized carbons (Fsp3) is 0.933. The summed E-state index contributed by atoms with van der Waals surface area (Å²) in [7, 11) is 0. The van der Waals surface area contributed by atoms with Crippen LogP contribution in [0.3, 0.4) is 0 Å². The number of hydrogen-bond acceptors (Lipinski definition) is 2. The van der Waals surface area contributed by atoms with Gasteiger partial charge in [0, 0.05) is 0 Å². The number of hydrogen-bond donors (Lipinski definition) is 1. The lowest BCUT2D eigenvalue weighted by Crippen LogP contribution is -2.47. The molecule has 2 heteroatoms. The summed E-state index contributed by atoms with van der Waals surface area (Å²) < 4.78 is 0. The summed E-state index contributed by atoms with van der Waals surface area (Å²) in [4.78, 5) is 0. The van der Waals surface area contributed by atoms with Crippen LogP contribution in [0.4, 0.5) is 0 Å². The molecule has 2 aliphatic carbocycles. The van der Waals surface area contributed by atoms with E-state index in [0.29, 0.717) is 5.92 Å². The first-order chi connectivity index (χ1) is 8.03. The molecule has 2 saturated carbocycles. The highest BCUT2D eigenvalue weighted by molar-refractivity contribution is 5.12. The van der Waals surface area contributed by atoms with Crippen molar-refractivity contribution in [1.82, 2.24) is 0 Å². The highest BCUT2D eigenvalue weighted by Gasteiger charge is 2.50. The third-order valence-corrected chi connectivity index (χ3v) is 5.16. The van der Waals surface area contributed by atoms with Crippen LogP contribution < -0.4 is 0 Å². The van der Waals surface area contributed by atoms with Crippen molar-refractivity contribution in [2.75, 3.05) is 0 Å². The van der Waals surface area contributed by atoms with Crippen molar-refractivity contribution in [2.45, 2.75) is 70.8 Å². The summed E-state index contributed by atoms with van der Waals surface area (Å²) in [5.41, 5.74) is -1.25. The number of nitrogens with zero attached hydrogens (tertiary/aromatic N) is 1. The monoisotopic (exact) mass is 235 g/mol. The van der Waals surface area contributed by atoms with Crippen LogP contribution in [0.2, 0.25) is 0 Å². The van der Waals surface area contributed by atoms with Crippen LogP contribution in [-0.2, 0) is 0 Å². The lowest BCUT2D eigenvalue weighted by atomic mass is 9.61. The highest BCUT2D eigenvalue weighted by Crippen LogP contribution is 2.51. The minimum absolute atomic E-state index is 0.471. The molecular weight excluding hydrogens is 210 g/mol. The Morgan fingerprint density at radius 2 is 1.82 bits per heavy atom.